The highest BCUT2D eigenvalue weighted by atomic mass is 32.1. The van der Waals surface area contributed by atoms with Gasteiger partial charge in [-0.2, -0.15) is 0 Å². The van der Waals surface area contributed by atoms with Crippen LogP contribution in [0.5, 0.6) is 0 Å². The van der Waals surface area contributed by atoms with Crippen LogP contribution in [0, 0.1) is 0 Å². The Hall–Kier alpha value is -7.21. The number of benzene rings is 7. The molecule has 4 aromatic heterocycles. The van der Waals surface area contributed by atoms with Crippen LogP contribution in [-0.2, 0) is 0 Å². The molecule has 0 radical (unpaired) electrons. The summed E-state index contributed by atoms with van der Waals surface area (Å²) in [5, 5.41) is 4.82. The molecule has 11 aromatic rings. The van der Waals surface area contributed by atoms with Gasteiger partial charge in [-0.3, -0.25) is 4.98 Å². The monoisotopic (exact) mass is 733 g/mol. The summed E-state index contributed by atoms with van der Waals surface area (Å²) >= 11 is 1.84. The van der Waals surface area contributed by atoms with Crippen LogP contribution in [0.3, 0.4) is 0 Å². The molecular weight excluding hydrogens is 703 g/mol. The normalized spacial score (nSPS) is 11.6. The Morgan fingerprint density at radius 1 is 0.393 bits per heavy atom. The number of pyridine rings is 1. The van der Waals surface area contributed by atoms with Gasteiger partial charge in [0.2, 0.25) is 0 Å². The molecule has 0 N–H and O–H groups in total. The van der Waals surface area contributed by atoms with E-state index in [0.29, 0.717) is 5.82 Å². The van der Waals surface area contributed by atoms with Crippen molar-refractivity contribution >= 4 is 53.4 Å². The van der Waals surface area contributed by atoms with E-state index in [2.05, 4.69) is 145 Å². The molecule has 11 rings (SSSR count). The number of nitrogens with zero attached hydrogens (tertiary/aromatic N) is 3. The predicted octanol–water partition coefficient (Wildman–Crippen LogP) is 14.1. The van der Waals surface area contributed by atoms with Gasteiger partial charge in [-0.25, -0.2) is 9.97 Å². The summed E-state index contributed by atoms with van der Waals surface area (Å²) < 4.78 is 9.32. The average Bonchev–Trinajstić information content (AvgIpc) is 3.85. The van der Waals surface area contributed by atoms with Crippen molar-refractivity contribution in [3.05, 3.63) is 188 Å². The van der Waals surface area contributed by atoms with Gasteiger partial charge in [-0.15, -0.1) is 11.3 Å². The summed E-state index contributed by atoms with van der Waals surface area (Å²) in [7, 11) is 0. The van der Waals surface area contributed by atoms with Crippen LogP contribution in [0.15, 0.2) is 193 Å². The zero-order chi connectivity index (χ0) is 37.0. The molecule has 0 aliphatic carbocycles. The van der Waals surface area contributed by atoms with Crippen LogP contribution >= 0.6 is 11.3 Å². The fourth-order valence-corrected chi connectivity index (χ4v) is 9.04. The lowest BCUT2D eigenvalue weighted by Crippen LogP contribution is -1.97. The summed E-state index contributed by atoms with van der Waals surface area (Å²) in [6.45, 7) is 0. The highest BCUT2D eigenvalue weighted by Gasteiger charge is 2.19. The van der Waals surface area contributed by atoms with Crippen LogP contribution in [0.2, 0.25) is 0 Å². The smallest absolute Gasteiger partial charge is 0.160 e. The average molecular weight is 734 g/mol. The molecular formula is C51H31N3OS. The Morgan fingerprint density at radius 3 is 1.89 bits per heavy atom. The summed E-state index contributed by atoms with van der Waals surface area (Å²) in [5.74, 6) is 0.680. The predicted molar refractivity (Wildman–Crippen MR) is 233 cm³/mol. The molecule has 0 saturated carbocycles. The molecule has 0 amide bonds. The van der Waals surface area contributed by atoms with Crippen LogP contribution in [0.1, 0.15) is 0 Å². The maximum Gasteiger partial charge on any atom is 0.160 e. The second-order valence-corrected chi connectivity index (χ2v) is 15.0. The first-order chi connectivity index (χ1) is 27.7. The minimum atomic E-state index is 0.680. The van der Waals surface area contributed by atoms with Crippen LogP contribution < -0.4 is 0 Å². The van der Waals surface area contributed by atoms with E-state index in [1.54, 1.807) is 0 Å². The Morgan fingerprint density at radius 2 is 1.04 bits per heavy atom. The first-order valence-corrected chi connectivity index (χ1v) is 19.5. The van der Waals surface area contributed by atoms with E-state index >= 15 is 0 Å². The molecule has 0 spiro atoms. The van der Waals surface area contributed by atoms with E-state index in [9.17, 15) is 0 Å². The summed E-state index contributed by atoms with van der Waals surface area (Å²) in [4.78, 5) is 14.5. The molecule has 4 nitrogen and oxygen atoms in total. The Bertz CT molecular complexity index is 3240. The van der Waals surface area contributed by atoms with Crippen LogP contribution in [-0.4, -0.2) is 15.0 Å². The lowest BCUT2D eigenvalue weighted by atomic mass is 9.93. The topological polar surface area (TPSA) is 51.8 Å². The third-order valence-electron chi connectivity index (χ3n) is 10.7. The van der Waals surface area contributed by atoms with Gasteiger partial charge in [0.15, 0.2) is 5.82 Å². The zero-order valence-electron chi connectivity index (χ0n) is 30.1. The molecule has 0 bridgehead atoms. The fraction of sp³-hybridized carbons (Fsp3) is 0. The van der Waals surface area contributed by atoms with Crippen LogP contribution in [0.25, 0.3) is 109 Å². The zero-order valence-corrected chi connectivity index (χ0v) is 30.9. The summed E-state index contributed by atoms with van der Waals surface area (Å²) in [5.41, 5.74) is 13.1. The van der Waals surface area contributed by atoms with E-state index in [0.717, 1.165) is 77.8 Å². The van der Waals surface area contributed by atoms with Crippen molar-refractivity contribution in [1.82, 2.24) is 15.0 Å². The molecule has 0 aliphatic heterocycles. The molecule has 0 fully saturated rings. The van der Waals surface area contributed by atoms with E-state index in [1.807, 2.05) is 60.1 Å². The van der Waals surface area contributed by atoms with Crippen molar-refractivity contribution in [1.29, 1.82) is 0 Å². The molecule has 56 heavy (non-hydrogen) atoms. The SMILES string of the molecule is c1ccc(-c2nc(-c3ccc(-c4ccc(-c5ccc6sc7ccccc7c6c5)c5c4oc4ccccc45)cc3)cc(-c3ccccc3-c3ccncc3)n2)cc1. The molecule has 262 valence electrons. The maximum atomic E-state index is 6.71. The lowest BCUT2D eigenvalue weighted by molar-refractivity contribution is 0.670. The molecule has 0 atom stereocenters. The Balaban J connectivity index is 1.03. The fourth-order valence-electron chi connectivity index (χ4n) is 7.95. The van der Waals surface area contributed by atoms with Gasteiger partial charge >= 0.3 is 0 Å². The number of thiophene rings is 1. The van der Waals surface area contributed by atoms with Gasteiger partial charge in [-0.05, 0) is 76.3 Å². The maximum absolute atomic E-state index is 6.71. The first-order valence-electron chi connectivity index (χ1n) is 18.7. The minimum absolute atomic E-state index is 0.680. The number of furan rings is 1. The highest BCUT2D eigenvalue weighted by Crippen LogP contribution is 2.44. The lowest BCUT2D eigenvalue weighted by Gasteiger charge is -2.13. The van der Waals surface area contributed by atoms with Gasteiger partial charge < -0.3 is 4.42 Å². The van der Waals surface area contributed by atoms with Gasteiger partial charge in [0.1, 0.15) is 11.2 Å². The number of aromatic nitrogens is 3. The minimum Gasteiger partial charge on any atom is -0.455 e. The van der Waals surface area contributed by atoms with E-state index in [1.165, 1.54) is 25.7 Å². The summed E-state index contributed by atoms with van der Waals surface area (Å²) in [6, 6.07) is 61.7. The molecule has 5 heteroatoms. The summed E-state index contributed by atoms with van der Waals surface area (Å²) in [6.07, 6.45) is 3.65. The van der Waals surface area contributed by atoms with E-state index in [-0.39, 0.29) is 0 Å². The van der Waals surface area contributed by atoms with Gasteiger partial charge in [0.05, 0.1) is 11.4 Å². The quantitative estimate of drug-likeness (QED) is 0.171. The molecule has 0 unspecified atom stereocenters. The Kier molecular flexibility index (Phi) is 7.64. The van der Waals surface area contributed by atoms with Crippen molar-refractivity contribution in [3.8, 4) is 67.3 Å². The largest absolute Gasteiger partial charge is 0.455 e. The standard InChI is InChI=1S/C51H31N3OS/c1-2-10-35(11-3-1)51-53-44(31-45(54-51)40-13-5-4-12-37(40)33-26-28-52-29-27-33)34-20-18-32(19-21-34)39-24-23-38(49-42-15-6-8-16-46(42)55-50(39)49)36-22-25-48-43(30-36)41-14-7-9-17-47(41)56-48/h1-31H. The second kappa shape index (κ2) is 13.3. The number of para-hydroxylation sites is 1. The van der Waals surface area contributed by atoms with Crippen molar-refractivity contribution < 1.29 is 4.42 Å². The van der Waals surface area contributed by atoms with Gasteiger partial charge in [-0.1, -0.05) is 127 Å². The molecule has 0 aliphatic rings. The third kappa shape index (κ3) is 5.48. The number of hydrogen-bond donors (Lipinski definition) is 0. The number of rotatable bonds is 6. The first kappa shape index (κ1) is 32.2. The second-order valence-electron chi connectivity index (χ2n) is 14.0. The Labute approximate surface area is 327 Å². The van der Waals surface area contributed by atoms with E-state index < -0.39 is 0 Å². The molecule has 0 saturated heterocycles. The van der Waals surface area contributed by atoms with Crippen molar-refractivity contribution in [3.63, 3.8) is 0 Å². The highest BCUT2D eigenvalue weighted by molar-refractivity contribution is 7.25. The number of hydrogen-bond acceptors (Lipinski definition) is 5. The van der Waals surface area contributed by atoms with Crippen molar-refractivity contribution in [2.24, 2.45) is 0 Å². The van der Waals surface area contributed by atoms with Gasteiger partial charge in [0.25, 0.3) is 0 Å². The van der Waals surface area contributed by atoms with Gasteiger partial charge in [0, 0.05) is 65.6 Å². The third-order valence-corrected chi connectivity index (χ3v) is 11.8. The van der Waals surface area contributed by atoms with Crippen LogP contribution in [0.4, 0.5) is 0 Å². The molecule has 7 aromatic carbocycles. The van der Waals surface area contributed by atoms with Crippen molar-refractivity contribution in [2.75, 3.05) is 0 Å². The van der Waals surface area contributed by atoms with E-state index in [4.69, 9.17) is 14.4 Å². The molecule has 4 heterocycles. The number of fused-ring (bicyclic) bond motifs is 6. The van der Waals surface area contributed by atoms with Crippen molar-refractivity contribution in [2.45, 2.75) is 0 Å².